The van der Waals surface area contributed by atoms with Crippen LogP contribution < -0.4 is 29.7 Å². The Bertz CT molecular complexity index is 1530. The molecule has 1 aromatic heterocycles. The number of rotatable bonds is 8. The lowest BCUT2D eigenvalue weighted by atomic mass is 10.2. The summed E-state index contributed by atoms with van der Waals surface area (Å²) in [5.41, 5.74) is 5.81. The average Bonchev–Trinajstić information content (AvgIpc) is 2.98. The number of para-hydroxylation sites is 1. The van der Waals surface area contributed by atoms with E-state index in [-0.39, 0.29) is 22.9 Å². The Morgan fingerprint density at radius 1 is 0.810 bits per heavy atom. The molecule has 0 spiro atoms. The van der Waals surface area contributed by atoms with Crippen LogP contribution in [-0.2, 0) is 0 Å². The van der Waals surface area contributed by atoms with Crippen molar-refractivity contribution in [2.24, 2.45) is 5.73 Å². The van der Waals surface area contributed by atoms with Gasteiger partial charge in [0.2, 0.25) is 5.88 Å². The molecular weight excluding hydrogens is 542 g/mol. The summed E-state index contributed by atoms with van der Waals surface area (Å²) in [5.74, 6) is 1.97. The quantitative estimate of drug-likeness (QED) is 0.222. The van der Waals surface area contributed by atoms with Gasteiger partial charge >= 0.3 is 6.09 Å². The van der Waals surface area contributed by atoms with Crippen LogP contribution in [0.3, 0.4) is 0 Å². The van der Waals surface area contributed by atoms with E-state index < -0.39 is 16.8 Å². The SMILES string of the molecule is C[N+]([O-])(O)c1ccc(OC(=O)N2CCN(c3ccc(C(N)=O)c(Oc4ccc(Oc5ccccc5)cc4)n3)CC2)cc1. The van der Waals surface area contributed by atoms with E-state index in [0.717, 1.165) is 7.05 Å². The van der Waals surface area contributed by atoms with E-state index in [2.05, 4.69) is 4.98 Å². The molecule has 1 unspecified atom stereocenters. The number of aromatic nitrogens is 1. The van der Waals surface area contributed by atoms with Crippen molar-refractivity contribution in [2.75, 3.05) is 38.1 Å². The monoisotopic (exact) mass is 571 g/mol. The number of piperazine rings is 1. The molecule has 1 aliphatic heterocycles. The third-order valence-electron chi connectivity index (χ3n) is 6.51. The van der Waals surface area contributed by atoms with Gasteiger partial charge < -0.3 is 35.0 Å². The fraction of sp³-hybridized carbons (Fsp3) is 0.167. The lowest BCUT2D eigenvalue weighted by Gasteiger charge is -2.34. The molecule has 1 fully saturated rings. The Morgan fingerprint density at radius 3 is 1.98 bits per heavy atom. The second-order valence-electron chi connectivity index (χ2n) is 9.59. The van der Waals surface area contributed by atoms with Crippen molar-refractivity contribution in [3.05, 3.63) is 102 Å². The van der Waals surface area contributed by atoms with Gasteiger partial charge in [-0.3, -0.25) is 4.79 Å². The second-order valence-corrected chi connectivity index (χ2v) is 9.59. The van der Waals surface area contributed by atoms with Gasteiger partial charge in [-0.1, -0.05) is 18.2 Å². The molecular formula is C30H29N5O7. The Balaban J connectivity index is 1.21. The van der Waals surface area contributed by atoms with Crippen LogP contribution in [0.25, 0.3) is 0 Å². The average molecular weight is 572 g/mol. The van der Waals surface area contributed by atoms with Crippen LogP contribution in [0.5, 0.6) is 28.9 Å². The van der Waals surface area contributed by atoms with Gasteiger partial charge in [0.25, 0.3) is 5.91 Å². The van der Waals surface area contributed by atoms with Crippen LogP contribution in [0, 0.1) is 5.21 Å². The number of hydrogen-bond acceptors (Lipinski definition) is 9. The minimum Gasteiger partial charge on any atom is -0.593 e. The molecule has 2 heterocycles. The molecule has 1 aliphatic rings. The highest BCUT2D eigenvalue weighted by Crippen LogP contribution is 2.30. The molecule has 3 N–H and O–H groups in total. The van der Waals surface area contributed by atoms with Crippen LogP contribution in [0.15, 0.2) is 91.0 Å². The Morgan fingerprint density at radius 2 is 1.38 bits per heavy atom. The van der Waals surface area contributed by atoms with Crippen molar-refractivity contribution < 1.29 is 29.0 Å². The van der Waals surface area contributed by atoms with Gasteiger partial charge in [0.1, 0.15) is 41.4 Å². The van der Waals surface area contributed by atoms with E-state index in [0.29, 0.717) is 49.2 Å². The van der Waals surface area contributed by atoms with Crippen molar-refractivity contribution in [3.63, 3.8) is 0 Å². The van der Waals surface area contributed by atoms with E-state index in [4.69, 9.17) is 19.9 Å². The molecule has 0 saturated carbocycles. The first-order valence-electron chi connectivity index (χ1n) is 13.1. The lowest BCUT2D eigenvalue weighted by molar-refractivity contribution is -0.00442. The molecule has 216 valence electrons. The maximum absolute atomic E-state index is 12.7. The highest BCUT2D eigenvalue weighted by atomic mass is 16.8. The van der Waals surface area contributed by atoms with E-state index in [1.807, 2.05) is 35.2 Å². The van der Waals surface area contributed by atoms with Gasteiger partial charge in [0.15, 0.2) is 5.69 Å². The molecule has 2 amide bonds. The highest BCUT2D eigenvalue weighted by molar-refractivity contribution is 5.95. The van der Waals surface area contributed by atoms with Gasteiger partial charge in [-0.25, -0.2) is 10.0 Å². The number of nitrogens with zero attached hydrogens (tertiary/aromatic N) is 4. The zero-order chi connectivity index (χ0) is 29.7. The van der Waals surface area contributed by atoms with E-state index in [1.165, 1.54) is 24.3 Å². The molecule has 12 nitrogen and oxygen atoms in total. The molecule has 42 heavy (non-hydrogen) atoms. The molecule has 12 heteroatoms. The fourth-order valence-corrected chi connectivity index (χ4v) is 4.26. The molecule has 0 bridgehead atoms. The van der Waals surface area contributed by atoms with Gasteiger partial charge in [-0.2, -0.15) is 9.79 Å². The number of primary amides is 1. The summed E-state index contributed by atoms with van der Waals surface area (Å²) in [5, 5.41) is 21.1. The first kappa shape index (κ1) is 28.4. The molecule has 1 saturated heterocycles. The minimum atomic E-state index is -1.58. The number of pyridine rings is 1. The number of hydrogen-bond donors (Lipinski definition) is 2. The number of benzene rings is 3. The van der Waals surface area contributed by atoms with Crippen molar-refractivity contribution in [1.29, 1.82) is 0 Å². The van der Waals surface area contributed by atoms with Crippen LogP contribution in [0.1, 0.15) is 10.4 Å². The van der Waals surface area contributed by atoms with Gasteiger partial charge in [0.05, 0.1) is 0 Å². The minimum absolute atomic E-state index is 0.0673. The van der Waals surface area contributed by atoms with E-state index in [9.17, 15) is 20.0 Å². The zero-order valence-corrected chi connectivity index (χ0v) is 22.8. The summed E-state index contributed by atoms with van der Waals surface area (Å²) in [6, 6.07) is 25.2. The third-order valence-corrected chi connectivity index (χ3v) is 6.51. The number of quaternary nitrogens is 1. The number of anilines is 1. The maximum atomic E-state index is 12.7. The molecule has 4 aromatic rings. The standard InChI is InChI=1S/C30H29N5O7/c1-35(38,39)21-7-9-25(10-8-21)42-30(37)34-19-17-33(18-20-34)27-16-15-26(28(31)36)29(32-27)41-24-13-11-23(12-14-24)40-22-5-3-2-4-6-22/h2-16,38H,17-20H2,1H3,(H2,31,36). The smallest absolute Gasteiger partial charge is 0.415 e. The van der Waals surface area contributed by atoms with Crippen LogP contribution in [0.4, 0.5) is 16.3 Å². The Kier molecular flexibility index (Phi) is 8.20. The predicted octanol–water partition coefficient (Wildman–Crippen LogP) is 4.91. The number of amides is 2. The second kappa shape index (κ2) is 12.1. The number of carbonyl (C=O) groups excluding carboxylic acids is 2. The normalized spacial score (nSPS) is 14.5. The van der Waals surface area contributed by atoms with Crippen molar-refractivity contribution in [3.8, 4) is 28.9 Å². The molecule has 0 aliphatic carbocycles. The fourth-order valence-electron chi connectivity index (χ4n) is 4.26. The van der Waals surface area contributed by atoms with E-state index in [1.54, 1.807) is 41.3 Å². The Hall–Kier alpha value is -5.17. The summed E-state index contributed by atoms with van der Waals surface area (Å²) < 4.78 is 17.2. The highest BCUT2D eigenvalue weighted by Gasteiger charge is 2.25. The largest absolute Gasteiger partial charge is 0.593 e. The molecule has 3 aromatic carbocycles. The maximum Gasteiger partial charge on any atom is 0.415 e. The third kappa shape index (κ3) is 6.93. The number of carbonyl (C=O) groups is 2. The van der Waals surface area contributed by atoms with Crippen molar-refractivity contribution >= 4 is 23.5 Å². The number of hydroxylamine groups is 2. The van der Waals surface area contributed by atoms with Gasteiger partial charge in [-0.05, 0) is 60.7 Å². The topological polar surface area (TPSA) is 151 Å². The number of ether oxygens (including phenoxy) is 3. The zero-order valence-electron chi connectivity index (χ0n) is 22.8. The van der Waals surface area contributed by atoms with Crippen LogP contribution >= 0.6 is 0 Å². The lowest BCUT2D eigenvalue weighted by Crippen LogP contribution is -2.49. The van der Waals surface area contributed by atoms with Crippen molar-refractivity contribution in [1.82, 2.24) is 14.7 Å². The van der Waals surface area contributed by atoms with Crippen LogP contribution in [-0.4, -0.2) is 60.3 Å². The summed E-state index contributed by atoms with van der Waals surface area (Å²) in [4.78, 5) is 31.2. The molecule has 0 radical (unpaired) electrons. The summed E-state index contributed by atoms with van der Waals surface area (Å²) in [6.07, 6.45) is -0.536. The Labute approximate surface area is 241 Å². The summed E-state index contributed by atoms with van der Waals surface area (Å²) in [7, 11) is 1.08. The first-order valence-corrected chi connectivity index (χ1v) is 13.1. The molecule has 5 rings (SSSR count). The van der Waals surface area contributed by atoms with E-state index >= 15 is 0 Å². The predicted molar refractivity (Wildman–Crippen MR) is 155 cm³/mol. The first-order chi connectivity index (χ1) is 20.2. The summed E-state index contributed by atoms with van der Waals surface area (Å²) >= 11 is 0. The number of nitrogens with two attached hydrogens (primary N) is 1. The summed E-state index contributed by atoms with van der Waals surface area (Å²) in [6.45, 7) is 1.64. The molecule has 1 atom stereocenters. The van der Waals surface area contributed by atoms with Gasteiger partial charge in [0, 0.05) is 38.3 Å². The van der Waals surface area contributed by atoms with Gasteiger partial charge in [-0.15, -0.1) is 0 Å². The van der Waals surface area contributed by atoms with Crippen molar-refractivity contribution in [2.45, 2.75) is 0 Å². The van der Waals surface area contributed by atoms with Crippen LogP contribution in [0.2, 0.25) is 0 Å².